The second-order valence-corrected chi connectivity index (χ2v) is 13.6. The Morgan fingerprint density at radius 1 is 0.630 bits per heavy atom. The molecule has 1 aliphatic carbocycles. The summed E-state index contributed by atoms with van der Waals surface area (Å²) in [5.74, 6) is -15.7. The van der Waals surface area contributed by atoms with Crippen molar-refractivity contribution in [2.45, 2.75) is 31.6 Å². The van der Waals surface area contributed by atoms with Crippen molar-refractivity contribution in [3.63, 3.8) is 0 Å². The van der Waals surface area contributed by atoms with Gasteiger partial charge >= 0.3 is 17.8 Å². The van der Waals surface area contributed by atoms with Gasteiger partial charge in [-0.05, 0) is 66.9 Å². The molecule has 7 aromatic rings. The molecule has 230 valence electrons. The number of fused-ring (bicyclic) bond motifs is 6. The molecule has 0 spiro atoms. The number of alkyl halides is 6. The number of imidazole rings is 1. The first-order valence-corrected chi connectivity index (χ1v) is 15.7. The van der Waals surface area contributed by atoms with Gasteiger partial charge in [0.05, 0.1) is 26.9 Å². The Hall–Kier alpha value is -4.55. The summed E-state index contributed by atoms with van der Waals surface area (Å²) in [6, 6.07) is 18.5. The first kappa shape index (κ1) is 28.9. The molecule has 0 atom stereocenters. The Bertz CT molecular complexity index is 2310. The lowest BCUT2D eigenvalue weighted by molar-refractivity contribution is -0.254. The number of aromatic nitrogens is 4. The van der Waals surface area contributed by atoms with Crippen LogP contribution < -0.4 is 0 Å². The van der Waals surface area contributed by atoms with Crippen molar-refractivity contribution < 1.29 is 26.3 Å². The molecule has 0 radical (unpaired) electrons. The lowest BCUT2D eigenvalue weighted by atomic mass is 9.95. The van der Waals surface area contributed by atoms with E-state index >= 15 is 26.3 Å². The lowest BCUT2D eigenvalue weighted by Gasteiger charge is -2.25. The van der Waals surface area contributed by atoms with E-state index in [1.807, 2.05) is 12.1 Å². The van der Waals surface area contributed by atoms with E-state index in [1.54, 1.807) is 54.9 Å². The Balaban J connectivity index is 1.36. The third-order valence-electron chi connectivity index (χ3n) is 8.40. The largest absolute Gasteiger partial charge is 0.380 e. The molecular formula is C34H20F6N4S2. The Morgan fingerprint density at radius 3 is 1.80 bits per heavy atom. The fraction of sp³-hybridized carbons (Fsp3) is 0.147. The van der Waals surface area contributed by atoms with Crippen LogP contribution in [0.2, 0.25) is 0 Å². The highest BCUT2D eigenvalue weighted by molar-refractivity contribution is 7.16. The molecule has 4 nitrogen and oxygen atoms in total. The number of nitrogens with one attached hydrogen (secondary N) is 1. The molecule has 8 rings (SSSR count). The number of allylic oxidation sites excluding steroid dienone is 2. The minimum Gasteiger partial charge on any atom is -0.337 e. The van der Waals surface area contributed by atoms with Crippen molar-refractivity contribution in [2.24, 2.45) is 0 Å². The van der Waals surface area contributed by atoms with Crippen molar-refractivity contribution >= 4 is 66.7 Å². The van der Waals surface area contributed by atoms with Gasteiger partial charge in [-0.2, -0.15) is 26.3 Å². The van der Waals surface area contributed by atoms with Crippen molar-refractivity contribution in [1.29, 1.82) is 0 Å². The van der Waals surface area contributed by atoms with Crippen molar-refractivity contribution in [2.75, 3.05) is 0 Å². The first-order chi connectivity index (χ1) is 21.9. The summed E-state index contributed by atoms with van der Waals surface area (Å²) in [5, 5.41) is 1.43. The lowest BCUT2D eigenvalue weighted by Crippen LogP contribution is -2.48. The van der Waals surface area contributed by atoms with Gasteiger partial charge in [-0.1, -0.05) is 30.3 Å². The number of pyridine rings is 2. The number of rotatable bonds is 4. The highest BCUT2D eigenvalue weighted by Gasteiger charge is 2.80. The molecule has 0 unspecified atom stereocenters. The van der Waals surface area contributed by atoms with E-state index in [0.717, 1.165) is 28.1 Å². The maximum atomic E-state index is 15.8. The predicted molar refractivity (Wildman–Crippen MR) is 171 cm³/mol. The third kappa shape index (κ3) is 3.83. The molecule has 0 fully saturated rings. The van der Waals surface area contributed by atoms with Crippen LogP contribution >= 0.6 is 22.7 Å². The zero-order valence-electron chi connectivity index (χ0n) is 23.9. The second-order valence-electron chi connectivity index (χ2n) is 11.1. The second kappa shape index (κ2) is 9.73. The van der Waals surface area contributed by atoms with Crippen LogP contribution in [0.15, 0.2) is 79.1 Å². The Labute approximate surface area is 265 Å². The zero-order chi connectivity index (χ0) is 32.2. The molecule has 5 aromatic heterocycles. The molecule has 0 amide bonds. The molecule has 2 aromatic carbocycles. The maximum Gasteiger partial charge on any atom is 0.380 e. The molecule has 1 N–H and O–H groups in total. The highest BCUT2D eigenvalue weighted by Crippen LogP contribution is 2.66. The summed E-state index contributed by atoms with van der Waals surface area (Å²) in [7, 11) is 0. The normalized spacial score (nSPS) is 17.1. The summed E-state index contributed by atoms with van der Waals surface area (Å²) in [6.45, 7) is 2.93. The molecule has 0 bridgehead atoms. The van der Waals surface area contributed by atoms with Gasteiger partial charge in [-0.15, -0.1) is 22.7 Å². The summed E-state index contributed by atoms with van der Waals surface area (Å²) in [4.78, 5) is 18.2. The zero-order valence-corrected chi connectivity index (χ0v) is 25.6. The quantitative estimate of drug-likeness (QED) is 0.151. The monoisotopic (exact) mass is 662 g/mol. The van der Waals surface area contributed by atoms with Crippen LogP contribution in [0.3, 0.4) is 0 Å². The molecule has 12 heteroatoms. The maximum absolute atomic E-state index is 15.8. The summed E-state index contributed by atoms with van der Waals surface area (Å²) < 4.78 is 93.2. The number of aromatic amines is 1. The van der Waals surface area contributed by atoms with Gasteiger partial charge in [-0.3, -0.25) is 9.97 Å². The SMILES string of the molecule is Cc1sc(-c2ccccc2)cc1C1=C(c2cc(-c3nc4c5cccnc5c5ncccc5c4[nH]3)sc2C)C(F)(F)C(F)(F)C1(F)F. The van der Waals surface area contributed by atoms with Gasteiger partial charge in [0.25, 0.3) is 0 Å². The van der Waals surface area contributed by atoms with E-state index in [0.29, 0.717) is 42.8 Å². The predicted octanol–water partition coefficient (Wildman–Crippen LogP) is 10.6. The van der Waals surface area contributed by atoms with E-state index in [9.17, 15) is 0 Å². The van der Waals surface area contributed by atoms with Crippen LogP contribution in [0.5, 0.6) is 0 Å². The van der Waals surface area contributed by atoms with Crippen LogP contribution in [0.25, 0.3) is 65.1 Å². The van der Waals surface area contributed by atoms with Gasteiger partial charge in [-0.25, -0.2) is 4.98 Å². The number of aryl methyl sites for hydroxylation is 2. The Kier molecular flexibility index (Phi) is 6.11. The van der Waals surface area contributed by atoms with Crippen LogP contribution in [-0.4, -0.2) is 37.7 Å². The molecule has 1 aliphatic rings. The Morgan fingerprint density at radius 2 is 1.17 bits per heavy atom. The highest BCUT2D eigenvalue weighted by atomic mass is 32.1. The standard InChI is InChI=1S/C34H20F6N4S2/c1-16-21(14-23(45-16)18-8-4-3-5-9-18)25-26(33(37,38)34(39,40)32(25,35)36)22-15-24(46-17(22)2)31-43-29-19-10-6-12-41-27(19)28-20(30(29)44-31)11-7-13-42-28/h3-15H,1-2H3,(H,43,44). The summed E-state index contributed by atoms with van der Waals surface area (Å²) >= 11 is 2.09. The van der Waals surface area contributed by atoms with Gasteiger partial charge in [0.2, 0.25) is 0 Å². The number of benzene rings is 2. The molecule has 46 heavy (non-hydrogen) atoms. The van der Waals surface area contributed by atoms with E-state index in [4.69, 9.17) is 4.98 Å². The van der Waals surface area contributed by atoms with Crippen LogP contribution in [0, 0.1) is 13.8 Å². The van der Waals surface area contributed by atoms with E-state index in [2.05, 4.69) is 15.0 Å². The van der Waals surface area contributed by atoms with Crippen molar-refractivity contribution in [3.8, 4) is 21.1 Å². The molecule has 0 saturated carbocycles. The van der Waals surface area contributed by atoms with Gasteiger partial charge < -0.3 is 4.98 Å². The topological polar surface area (TPSA) is 54.5 Å². The number of hydrogen-bond donors (Lipinski definition) is 1. The first-order valence-electron chi connectivity index (χ1n) is 14.1. The van der Waals surface area contributed by atoms with E-state index in [-0.39, 0.29) is 26.7 Å². The number of thiophene rings is 2. The minimum atomic E-state index is -5.66. The fourth-order valence-corrected chi connectivity index (χ4v) is 8.22. The molecular weight excluding hydrogens is 643 g/mol. The molecule has 0 saturated heterocycles. The van der Waals surface area contributed by atoms with Crippen LogP contribution in [0.4, 0.5) is 26.3 Å². The number of nitrogens with zero attached hydrogens (tertiary/aromatic N) is 3. The van der Waals surface area contributed by atoms with Crippen LogP contribution in [0.1, 0.15) is 20.9 Å². The van der Waals surface area contributed by atoms with E-state index in [1.165, 1.54) is 26.0 Å². The molecule has 5 heterocycles. The van der Waals surface area contributed by atoms with Crippen molar-refractivity contribution in [3.05, 3.63) is 100 Å². The summed E-state index contributed by atoms with van der Waals surface area (Å²) in [5.41, 5.74) is -0.333. The van der Waals surface area contributed by atoms with Gasteiger partial charge in [0.15, 0.2) is 0 Å². The number of hydrogen-bond acceptors (Lipinski definition) is 5. The third-order valence-corrected chi connectivity index (χ3v) is 10.6. The average Bonchev–Trinajstić information content (AvgIpc) is 3.78. The van der Waals surface area contributed by atoms with Gasteiger partial charge in [0, 0.05) is 48.9 Å². The van der Waals surface area contributed by atoms with Gasteiger partial charge in [0.1, 0.15) is 5.82 Å². The number of halogens is 6. The van der Waals surface area contributed by atoms with E-state index < -0.39 is 28.9 Å². The smallest absolute Gasteiger partial charge is 0.337 e. The average molecular weight is 663 g/mol. The fourth-order valence-electron chi connectivity index (χ4n) is 6.22. The summed E-state index contributed by atoms with van der Waals surface area (Å²) in [6.07, 6.45) is 3.28. The minimum absolute atomic E-state index is 0.172. The number of H-pyrrole nitrogens is 1. The van der Waals surface area contributed by atoms with Crippen LogP contribution in [-0.2, 0) is 0 Å². The molecule has 0 aliphatic heterocycles. The van der Waals surface area contributed by atoms with Crippen molar-refractivity contribution in [1.82, 2.24) is 19.9 Å².